The van der Waals surface area contributed by atoms with Crippen molar-refractivity contribution in [3.8, 4) is 0 Å². The van der Waals surface area contributed by atoms with E-state index in [4.69, 9.17) is 9.52 Å². The molecule has 0 aliphatic heterocycles. The van der Waals surface area contributed by atoms with Gasteiger partial charge in [0, 0.05) is 12.0 Å². The fourth-order valence-corrected chi connectivity index (χ4v) is 2.86. The molecule has 1 saturated carbocycles. The molecule has 1 heterocycles. The number of carbonyl (C=O) groups excluding carboxylic acids is 1. The summed E-state index contributed by atoms with van der Waals surface area (Å²) in [6.45, 7) is 3.71. The summed E-state index contributed by atoms with van der Waals surface area (Å²) >= 11 is 0. The Balaban J connectivity index is 2.13. The molecule has 0 saturated heterocycles. The van der Waals surface area contributed by atoms with Crippen molar-refractivity contribution in [1.29, 1.82) is 0 Å². The highest BCUT2D eigenvalue weighted by atomic mass is 16.4. The van der Waals surface area contributed by atoms with E-state index in [1.165, 1.54) is 0 Å². The van der Waals surface area contributed by atoms with Crippen molar-refractivity contribution < 1.29 is 19.1 Å². The van der Waals surface area contributed by atoms with Gasteiger partial charge >= 0.3 is 5.97 Å². The van der Waals surface area contributed by atoms with Gasteiger partial charge in [-0.3, -0.25) is 9.59 Å². The molecular weight excluding hydrogens is 270 g/mol. The van der Waals surface area contributed by atoms with E-state index in [1.54, 1.807) is 26.2 Å². The largest absolute Gasteiger partial charge is 0.481 e. The van der Waals surface area contributed by atoms with Crippen LogP contribution in [0.1, 0.15) is 45.3 Å². The highest BCUT2D eigenvalue weighted by molar-refractivity contribution is 5.84. The predicted molar refractivity (Wildman–Crippen MR) is 77.5 cm³/mol. The van der Waals surface area contributed by atoms with Crippen LogP contribution in [-0.4, -0.2) is 27.9 Å². The van der Waals surface area contributed by atoms with Crippen molar-refractivity contribution in [1.82, 2.24) is 4.90 Å². The average molecular weight is 293 g/mol. The Morgan fingerprint density at radius 3 is 2.52 bits per heavy atom. The van der Waals surface area contributed by atoms with Gasteiger partial charge in [-0.1, -0.05) is 26.7 Å². The minimum absolute atomic E-state index is 0.0896. The first-order valence-corrected chi connectivity index (χ1v) is 7.56. The number of aliphatic carboxylic acids is 1. The van der Waals surface area contributed by atoms with Gasteiger partial charge < -0.3 is 14.4 Å². The van der Waals surface area contributed by atoms with Crippen LogP contribution in [0.15, 0.2) is 22.8 Å². The molecule has 0 bridgehead atoms. The molecule has 0 spiro atoms. The van der Waals surface area contributed by atoms with E-state index < -0.39 is 17.8 Å². The van der Waals surface area contributed by atoms with Crippen LogP contribution < -0.4 is 0 Å². The van der Waals surface area contributed by atoms with E-state index in [-0.39, 0.29) is 11.9 Å². The summed E-state index contributed by atoms with van der Waals surface area (Å²) in [6, 6.07) is 3.85. The number of carboxylic acids is 1. The quantitative estimate of drug-likeness (QED) is 0.875. The van der Waals surface area contributed by atoms with E-state index in [1.807, 2.05) is 11.0 Å². The van der Waals surface area contributed by atoms with Crippen molar-refractivity contribution >= 4 is 11.9 Å². The van der Waals surface area contributed by atoms with E-state index in [2.05, 4.69) is 0 Å². The molecule has 1 N–H and O–H groups in total. The molecule has 21 heavy (non-hydrogen) atoms. The van der Waals surface area contributed by atoms with Crippen LogP contribution in [0.5, 0.6) is 0 Å². The third-order valence-electron chi connectivity index (χ3n) is 4.48. The van der Waals surface area contributed by atoms with Gasteiger partial charge in [-0.05, 0) is 25.0 Å². The molecule has 1 aromatic heterocycles. The molecule has 5 nitrogen and oxygen atoms in total. The van der Waals surface area contributed by atoms with Crippen molar-refractivity contribution in [2.24, 2.45) is 11.8 Å². The number of amides is 1. The summed E-state index contributed by atoms with van der Waals surface area (Å²) in [6.07, 6.45) is 5.81. The predicted octanol–water partition coefficient (Wildman–Crippen LogP) is 2.91. The summed E-state index contributed by atoms with van der Waals surface area (Å²) in [5, 5.41) is 9.12. The molecule has 1 aromatic rings. The Bertz CT molecular complexity index is 476. The summed E-state index contributed by atoms with van der Waals surface area (Å²) < 4.78 is 5.35. The second kappa shape index (κ2) is 6.78. The summed E-state index contributed by atoms with van der Waals surface area (Å²) in [7, 11) is 0. The number of furan rings is 1. The maximum Gasteiger partial charge on any atom is 0.307 e. The number of hydrogen-bond acceptors (Lipinski definition) is 3. The minimum atomic E-state index is -0.930. The van der Waals surface area contributed by atoms with Crippen LogP contribution in [0.2, 0.25) is 0 Å². The molecule has 116 valence electrons. The molecule has 0 radical (unpaired) electrons. The van der Waals surface area contributed by atoms with Crippen molar-refractivity contribution in [3.05, 3.63) is 24.2 Å². The van der Waals surface area contributed by atoms with E-state index >= 15 is 0 Å². The van der Waals surface area contributed by atoms with E-state index in [0.29, 0.717) is 6.54 Å². The van der Waals surface area contributed by atoms with Gasteiger partial charge in [0.05, 0.1) is 18.7 Å². The lowest BCUT2D eigenvalue weighted by atomic mass is 9.94. The lowest BCUT2D eigenvalue weighted by Gasteiger charge is -2.31. The van der Waals surface area contributed by atoms with Crippen LogP contribution in [0.25, 0.3) is 0 Å². The molecule has 2 rings (SSSR count). The van der Waals surface area contributed by atoms with Crippen LogP contribution in [0, 0.1) is 11.8 Å². The zero-order chi connectivity index (χ0) is 15.4. The van der Waals surface area contributed by atoms with Gasteiger partial charge in [0.25, 0.3) is 0 Å². The van der Waals surface area contributed by atoms with Crippen molar-refractivity contribution in [3.63, 3.8) is 0 Å². The summed E-state index contributed by atoms with van der Waals surface area (Å²) in [4.78, 5) is 25.7. The lowest BCUT2D eigenvalue weighted by Crippen LogP contribution is -2.43. The molecule has 1 aliphatic rings. The molecule has 1 fully saturated rings. The first-order chi connectivity index (χ1) is 10.0. The first kappa shape index (κ1) is 15.6. The molecular formula is C16H23NO4. The molecule has 2 unspecified atom stereocenters. The minimum Gasteiger partial charge on any atom is -0.481 e. The number of hydrogen-bond donors (Lipinski definition) is 1. The standard InChI is InChI=1S/C16H23NO4/c1-11(12(2)16(19)20)15(18)17(13-6-3-4-7-13)10-14-8-5-9-21-14/h5,8-9,11-13H,3-4,6-7,10H2,1-2H3,(H,19,20). The Kier molecular flexibility index (Phi) is 5.04. The van der Waals surface area contributed by atoms with Gasteiger partial charge in [-0.15, -0.1) is 0 Å². The van der Waals surface area contributed by atoms with Crippen LogP contribution >= 0.6 is 0 Å². The number of carboxylic acid groups (broad SMARTS) is 1. The van der Waals surface area contributed by atoms with Crippen molar-refractivity contribution in [2.45, 2.75) is 52.1 Å². The van der Waals surface area contributed by atoms with Crippen LogP contribution in [0.3, 0.4) is 0 Å². The Hall–Kier alpha value is -1.78. The number of rotatable bonds is 6. The maximum atomic E-state index is 12.7. The highest BCUT2D eigenvalue weighted by Crippen LogP contribution is 2.28. The smallest absolute Gasteiger partial charge is 0.307 e. The van der Waals surface area contributed by atoms with Gasteiger partial charge in [-0.25, -0.2) is 0 Å². The maximum absolute atomic E-state index is 12.7. The number of carbonyl (C=O) groups is 2. The number of nitrogens with zero attached hydrogens (tertiary/aromatic N) is 1. The van der Waals surface area contributed by atoms with Crippen molar-refractivity contribution in [2.75, 3.05) is 0 Å². The van der Waals surface area contributed by atoms with Crippen LogP contribution in [-0.2, 0) is 16.1 Å². The topological polar surface area (TPSA) is 70.8 Å². The normalized spacial score (nSPS) is 18.4. The lowest BCUT2D eigenvalue weighted by molar-refractivity contribution is -0.150. The fourth-order valence-electron chi connectivity index (χ4n) is 2.86. The highest BCUT2D eigenvalue weighted by Gasteiger charge is 2.34. The summed E-state index contributed by atoms with van der Waals surface area (Å²) in [5.74, 6) is -1.49. The average Bonchev–Trinajstić information content (AvgIpc) is 3.14. The molecule has 5 heteroatoms. The van der Waals surface area contributed by atoms with Gasteiger partial charge in [-0.2, -0.15) is 0 Å². The Labute approximate surface area is 124 Å². The zero-order valence-electron chi connectivity index (χ0n) is 12.6. The molecule has 2 atom stereocenters. The Morgan fingerprint density at radius 1 is 1.33 bits per heavy atom. The monoisotopic (exact) mass is 293 g/mol. The Morgan fingerprint density at radius 2 is 2.00 bits per heavy atom. The second-order valence-electron chi connectivity index (χ2n) is 5.90. The van der Waals surface area contributed by atoms with Gasteiger partial charge in [0.15, 0.2) is 0 Å². The van der Waals surface area contributed by atoms with E-state index in [0.717, 1.165) is 31.4 Å². The van der Waals surface area contributed by atoms with E-state index in [9.17, 15) is 9.59 Å². The summed E-state index contributed by atoms with van der Waals surface area (Å²) in [5.41, 5.74) is 0. The third-order valence-corrected chi connectivity index (χ3v) is 4.48. The SMILES string of the molecule is CC(C(=O)O)C(C)C(=O)N(Cc1ccco1)C1CCCC1. The first-order valence-electron chi connectivity index (χ1n) is 7.56. The van der Waals surface area contributed by atoms with Gasteiger partial charge in [0.2, 0.25) is 5.91 Å². The van der Waals surface area contributed by atoms with Gasteiger partial charge in [0.1, 0.15) is 5.76 Å². The molecule has 1 amide bonds. The second-order valence-corrected chi connectivity index (χ2v) is 5.90. The molecule has 1 aliphatic carbocycles. The third kappa shape index (κ3) is 3.65. The molecule has 0 aromatic carbocycles. The fraction of sp³-hybridized carbons (Fsp3) is 0.625. The van der Waals surface area contributed by atoms with Crippen LogP contribution in [0.4, 0.5) is 0 Å². The zero-order valence-corrected chi connectivity index (χ0v) is 12.6.